The lowest BCUT2D eigenvalue weighted by Crippen LogP contribution is -2.26. The summed E-state index contributed by atoms with van der Waals surface area (Å²) in [5, 5.41) is 2.52. The highest BCUT2D eigenvalue weighted by Gasteiger charge is 2.21. The molecule has 0 aliphatic carbocycles. The van der Waals surface area contributed by atoms with Crippen LogP contribution < -0.4 is 9.62 Å². The zero-order valence-electron chi connectivity index (χ0n) is 15.7. The molecule has 0 unspecified atom stereocenters. The van der Waals surface area contributed by atoms with Crippen molar-refractivity contribution in [3.63, 3.8) is 0 Å². The maximum Gasteiger partial charge on any atom is 0.264 e. The number of carbonyl (C=O) groups excluding carboxylic acids is 1. The third-order valence-corrected chi connectivity index (χ3v) is 6.44. The predicted octanol–water partition coefficient (Wildman–Crippen LogP) is 4.86. The van der Waals surface area contributed by atoms with Crippen LogP contribution in [0.5, 0.6) is 0 Å². The summed E-state index contributed by atoms with van der Waals surface area (Å²) in [6.07, 6.45) is 0. The standard InChI is InChI=1S/C21H18ClFN2O3S/c1-14-3-10-18(11-4-14)29(27,28)25(2)17-8-5-15(6-9-17)21(26)24-16-7-12-20(23)19(22)13-16/h3-13H,1-2H3,(H,24,26). The topological polar surface area (TPSA) is 66.5 Å². The van der Waals surface area contributed by atoms with E-state index in [2.05, 4.69) is 5.32 Å². The normalized spacial score (nSPS) is 11.2. The summed E-state index contributed by atoms with van der Waals surface area (Å²) in [6, 6.07) is 16.5. The highest BCUT2D eigenvalue weighted by molar-refractivity contribution is 7.92. The Morgan fingerprint density at radius 2 is 1.62 bits per heavy atom. The fourth-order valence-corrected chi connectivity index (χ4v) is 3.98. The van der Waals surface area contributed by atoms with Crippen molar-refractivity contribution in [3.05, 3.63) is 88.7 Å². The number of amides is 1. The van der Waals surface area contributed by atoms with Gasteiger partial charge in [-0.15, -0.1) is 0 Å². The summed E-state index contributed by atoms with van der Waals surface area (Å²) >= 11 is 5.71. The number of hydrogen-bond acceptors (Lipinski definition) is 3. The summed E-state index contributed by atoms with van der Waals surface area (Å²) < 4.78 is 39.9. The minimum Gasteiger partial charge on any atom is -0.322 e. The summed E-state index contributed by atoms with van der Waals surface area (Å²) in [4.78, 5) is 12.5. The van der Waals surface area contributed by atoms with Gasteiger partial charge in [0.25, 0.3) is 15.9 Å². The van der Waals surface area contributed by atoms with Crippen LogP contribution in [0.3, 0.4) is 0 Å². The van der Waals surface area contributed by atoms with Crippen molar-refractivity contribution in [2.24, 2.45) is 0 Å². The summed E-state index contributed by atoms with van der Waals surface area (Å²) in [5.41, 5.74) is 2.04. The molecule has 29 heavy (non-hydrogen) atoms. The quantitative estimate of drug-likeness (QED) is 0.625. The van der Waals surface area contributed by atoms with Gasteiger partial charge in [-0.25, -0.2) is 12.8 Å². The lowest BCUT2D eigenvalue weighted by atomic mass is 10.2. The van der Waals surface area contributed by atoms with E-state index in [-0.39, 0.29) is 9.92 Å². The van der Waals surface area contributed by atoms with Crippen LogP contribution in [0.4, 0.5) is 15.8 Å². The Morgan fingerprint density at radius 3 is 2.21 bits per heavy atom. The molecule has 3 rings (SSSR count). The molecule has 0 bridgehead atoms. The fraction of sp³-hybridized carbons (Fsp3) is 0.0952. The SMILES string of the molecule is Cc1ccc(S(=O)(=O)N(C)c2ccc(C(=O)Nc3ccc(F)c(Cl)c3)cc2)cc1. The third kappa shape index (κ3) is 4.58. The van der Waals surface area contributed by atoms with E-state index in [1.807, 2.05) is 6.92 Å². The number of benzene rings is 3. The van der Waals surface area contributed by atoms with Crippen LogP contribution in [0.1, 0.15) is 15.9 Å². The first kappa shape index (κ1) is 20.8. The average Bonchev–Trinajstić information content (AvgIpc) is 2.70. The second-order valence-corrected chi connectivity index (χ2v) is 8.79. The van der Waals surface area contributed by atoms with Gasteiger partial charge in [0.15, 0.2) is 0 Å². The van der Waals surface area contributed by atoms with Crippen molar-refractivity contribution in [2.75, 3.05) is 16.7 Å². The highest BCUT2D eigenvalue weighted by atomic mass is 35.5. The highest BCUT2D eigenvalue weighted by Crippen LogP contribution is 2.24. The molecule has 3 aromatic rings. The van der Waals surface area contributed by atoms with Gasteiger partial charge in [-0.3, -0.25) is 9.10 Å². The molecule has 0 spiro atoms. The van der Waals surface area contributed by atoms with Gasteiger partial charge in [0.1, 0.15) is 5.82 Å². The predicted molar refractivity (Wildman–Crippen MR) is 113 cm³/mol. The number of sulfonamides is 1. The number of halogens is 2. The molecule has 0 atom stereocenters. The fourth-order valence-electron chi connectivity index (χ4n) is 2.61. The molecular formula is C21H18ClFN2O3S. The number of nitrogens with zero attached hydrogens (tertiary/aromatic N) is 1. The van der Waals surface area contributed by atoms with Crippen LogP contribution in [0.25, 0.3) is 0 Å². The van der Waals surface area contributed by atoms with Gasteiger partial charge in [0.2, 0.25) is 0 Å². The number of nitrogens with one attached hydrogen (secondary N) is 1. The molecule has 8 heteroatoms. The Kier molecular flexibility index (Phi) is 5.91. The monoisotopic (exact) mass is 432 g/mol. The zero-order chi connectivity index (χ0) is 21.2. The number of anilines is 2. The number of rotatable bonds is 5. The van der Waals surface area contributed by atoms with Crippen LogP contribution >= 0.6 is 11.6 Å². The largest absolute Gasteiger partial charge is 0.322 e. The van der Waals surface area contributed by atoms with Gasteiger partial charge < -0.3 is 5.32 Å². The van der Waals surface area contributed by atoms with Gasteiger partial charge in [0.05, 0.1) is 15.6 Å². The number of carbonyl (C=O) groups is 1. The molecule has 1 N–H and O–H groups in total. The van der Waals surface area contributed by atoms with Gasteiger partial charge in [-0.2, -0.15) is 0 Å². The van der Waals surface area contributed by atoms with Crippen LogP contribution in [0.15, 0.2) is 71.6 Å². The minimum absolute atomic E-state index is 0.0962. The van der Waals surface area contributed by atoms with Crippen molar-refractivity contribution < 1.29 is 17.6 Å². The first-order valence-corrected chi connectivity index (χ1v) is 10.4. The minimum atomic E-state index is -3.72. The second-order valence-electron chi connectivity index (χ2n) is 6.42. The van der Waals surface area contributed by atoms with Crippen molar-refractivity contribution in [2.45, 2.75) is 11.8 Å². The molecule has 0 aromatic heterocycles. The van der Waals surface area contributed by atoms with Crippen molar-refractivity contribution in [3.8, 4) is 0 Å². The Hall–Kier alpha value is -2.90. The number of hydrogen-bond donors (Lipinski definition) is 1. The van der Waals surface area contributed by atoms with Gasteiger partial charge in [-0.1, -0.05) is 29.3 Å². The summed E-state index contributed by atoms with van der Waals surface area (Å²) in [5.74, 6) is -1.00. The molecule has 150 valence electrons. The Bertz CT molecular complexity index is 1150. The van der Waals surface area contributed by atoms with E-state index < -0.39 is 21.7 Å². The van der Waals surface area contributed by atoms with Crippen LogP contribution in [-0.4, -0.2) is 21.4 Å². The van der Waals surface area contributed by atoms with Crippen LogP contribution in [0, 0.1) is 12.7 Å². The molecule has 0 saturated carbocycles. The van der Waals surface area contributed by atoms with E-state index >= 15 is 0 Å². The van der Waals surface area contributed by atoms with Crippen LogP contribution in [-0.2, 0) is 10.0 Å². The van der Waals surface area contributed by atoms with Gasteiger partial charge in [0, 0.05) is 18.3 Å². The Balaban J connectivity index is 1.77. The van der Waals surface area contributed by atoms with E-state index in [1.54, 1.807) is 24.3 Å². The molecule has 0 aliphatic heterocycles. The molecule has 0 heterocycles. The molecular weight excluding hydrogens is 415 g/mol. The molecule has 1 amide bonds. The maximum absolute atomic E-state index is 13.2. The molecule has 0 fully saturated rings. The Labute approximate surface area is 173 Å². The molecule has 5 nitrogen and oxygen atoms in total. The molecule has 0 radical (unpaired) electrons. The van der Waals surface area contributed by atoms with Crippen molar-refractivity contribution in [1.29, 1.82) is 0 Å². The molecule has 0 aliphatic rings. The van der Waals surface area contributed by atoms with Crippen molar-refractivity contribution >= 4 is 38.9 Å². The molecule has 0 saturated heterocycles. The van der Waals surface area contributed by atoms with E-state index in [0.717, 1.165) is 15.9 Å². The smallest absolute Gasteiger partial charge is 0.264 e. The van der Waals surface area contributed by atoms with E-state index in [4.69, 9.17) is 11.6 Å². The average molecular weight is 433 g/mol. The van der Waals surface area contributed by atoms with Crippen LogP contribution in [0.2, 0.25) is 5.02 Å². The van der Waals surface area contributed by atoms with E-state index in [0.29, 0.717) is 16.9 Å². The van der Waals surface area contributed by atoms with Crippen molar-refractivity contribution in [1.82, 2.24) is 0 Å². The van der Waals surface area contributed by atoms with Gasteiger partial charge in [-0.05, 0) is 61.5 Å². The maximum atomic E-state index is 13.2. The first-order valence-electron chi connectivity index (χ1n) is 8.60. The van der Waals surface area contributed by atoms with E-state index in [9.17, 15) is 17.6 Å². The lowest BCUT2D eigenvalue weighted by Gasteiger charge is -2.20. The summed E-state index contributed by atoms with van der Waals surface area (Å²) in [6.45, 7) is 1.88. The molecule has 3 aromatic carbocycles. The summed E-state index contributed by atoms with van der Waals surface area (Å²) in [7, 11) is -2.27. The van der Waals surface area contributed by atoms with Gasteiger partial charge >= 0.3 is 0 Å². The second kappa shape index (κ2) is 8.23. The lowest BCUT2D eigenvalue weighted by molar-refractivity contribution is 0.102. The first-order chi connectivity index (χ1) is 13.7. The third-order valence-electron chi connectivity index (χ3n) is 4.35. The van der Waals surface area contributed by atoms with E-state index in [1.165, 1.54) is 43.4 Å². The number of aryl methyl sites for hydroxylation is 1. The Morgan fingerprint density at radius 1 is 1.00 bits per heavy atom. The zero-order valence-corrected chi connectivity index (χ0v) is 17.3.